The molecule has 1 aromatic carbocycles. The second-order valence-electron chi connectivity index (χ2n) is 4.77. The zero-order valence-corrected chi connectivity index (χ0v) is 9.68. The third-order valence-corrected chi connectivity index (χ3v) is 3.85. The Kier molecular flexibility index (Phi) is 3.57. The zero-order valence-electron chi connectivity index (χ0n) is 9.68. The Morgan fingerprint density at radius 1 is 1.12 bits per heavy atom. The van der Waals surface area contributed by atoms with Crippen LogP contribution in [0.15, 0.2) is 18.2 Å². The number of hydrogen-bond donors (Lipinski definition) is 0. The standard InChI is InChI=1S/C14H18F2/c1-2-10-6-8-11(9-7-10)12-4-3-5-13(15)14(12)16/h3-5,10-11H,2,6-9H2,1H3. The van der Waals surface area contributed by atoms with Gasteiger partial charge in [-0.05, 0) is 49.1 Å². The molecular weight excluding hydrogens is 206 g/mol. The molecule has 1 saturated carbocycles. The number of hydrogen-bond acceptors (Lipinski definition) is 0. The van der Waals surface area contributed by atoms with Crippen LogP contribution >= 0.6 is 0 Å². The first kappa shape index (κ1) is 11.6. The zero-order chi connectivity index (χ0) is 11.5. The van der Waals surface area contributed by atoms with Crippen LogP contribution in [0.5, 0.6) is 0 Å². The molecule has 0 heterocycles. The first-order valence-electron chi connectivity index (χ1n) is 6.16. The van der Waals surface area contributed by atoms with Gasteiger partial charge in [-0.2, -0.15) is 0 Å². The van der Waals surface area contributed by atoms with Crippen LogP contribution in [-0.2, 0) is 0 Å². The summed E-state index contributed by atoms with van der Waals surface area (Å²) in [4.78, 5) is 0. The summed E-state index contributed by atoms with van der Waals surface area (Å²) in [6.07, 6.45) is 5.50. The van der Waals surface area contributed by atoms with Gasteiger partial charge in [-0.15, -0.1) is 0 Å². The lowest BCUT2D eigenvalue weighted by atomic mass is 9.78. The van der Waals surface area contributed by atoms with Crippen LogP contribution in [0.1, 0.15) is 50.5 Å². The molecule has 0 amide bonds. The van der Waals surface area contributed by atoms with Crippen LogP contribution in [0, 0.1) is 17.6 Å². The quantitative estimate of drug-likeness (QED) is 0.686. The lowest BCUT2D eigenvalue weighted by Crippen LogP contribution is -2.14. The number of benzene rings is 1. The van der Waals surface area contributed by atoms with Gasteiger partial charge in [0.2, 0.25) is 0 Å². The fraction of sp³-hybridized carbons (Fsp3) is 0.571. The molecule has 0 atom stereocenters. The molecule has 0 aliphatic heterocycles. The molecule has 0 unspecified atom stereocenters. The van der Waals surface area contributed by atoms with Gasteiger partial charge < -0.3 is 0 Å². The van der Waals surface area contributed by atoms with Gasteiger partial charge in [0.05, 0.1) is 0 Å². The highest BCUT2D eigenvalue weighted by atomic mass is 19.2. The molecule has 0 nitrogen and oxygen atoms in total. The van der Waals surface area contributed by atoms with Crippen LogP contribution in [0.2, 0.25) is 0 Å². The van der Waals surface area contributed by atoms with Crippen molar-refractivity contribution in [3.63, 3.8) is 0 Å². The maximum Gasteiger partial charge on any atom is 0.162 e. The Balaban J connectivity index is 2.11. The Labute approximate surface area is 95.7 Å². The summed E-state index contributed by atoms with van der Waals surface area (Å²) >= 11 is 0. The topological polar surface area (TPSA) is 0 Å². The van der Waals surface area contributed by atoms with E-state index in [4.69, 9.17) is 0 Å². The molecule has 1 aliphatic rings. The predicted molar refractivity (Wildman–Crippen MR) is 61.3 cm³/mol. The summed E-state index contributed by atoms with van der Waals surface area (Å²) in [5.41, 5.74) is 0.578. The van der Waals surface area contributed by atoms with Crippen molar-refractivity contribution in [2.24, 2.45) is 5.92 Å². The van der Waals surface area contributed by atoms with Gasteiger partial charge >= 0.3 is 0 Å². The molecule has 0 bridgehead atoms. The van der Waals surface area contributed by atoms with E-state index in [2.05, 4.69) is 6.92 Å². The fourth-order valence-electron chi connectivity index (χ4n) is 2.72. The molecule has 0 radical (unpaired) electrons. The summed E-state index contributed by atoms with van der Waals surface area (Å²) in [5.74, 6) is -0.344. The van der Waals surface area contributed by atoms with Crippen LogP contribution in [-0.4, -0.2) is 0 Å². The lowest BCUT2D eigenvalue weighted by molar-refractivity contribution is 0.312. The monoisotopic (exact) mass is 224 g/mol. The molecule has 1 aliphatic carbocycles. The molecule has 0 saturated heterocycles. The van der Waals surface area contributed by atoms with Gasteiger partial charge in [-0.1, -0.05) is 25.5 Å². The van der Waals surface area contributed by atoms with Crippen molar-refractivity contribution in [1.29, 1.82) is 0 Å². The molecule has 0 aromatic heterocycles. The van der Waals surface area contributed by atoms with Gasteiger partial charge in [-0.25, -0.2) is 8.78 Å². The van der Waals surface area contributed by atoms with E-state index >= 15 is 0 Å². The molecule has 16 heavy (non-hydrogen) atoms. The summed E-state index contributed by atoms with van der Waals surface area (Å²) in [6.45, 7) is 2.20. The minimum Gasteiger partial charge on any atom is -0.204 e. The van der Waals surface area contributed by atoms with Crippen LogP contribution in [0.4, 0.5) is 8.78 Å². The highest BCUT2D eigenvalue weighted by molar-refractivity contribution is 5.23. The smallest absolute Gasteiger partial charge is 0.162 e. The van der Waals surface area contributed by atoms with Crippen LogP contribution in [0.25, 0.3) is 0 Å². The average Bonchev–Trinajstić information content (AvgIpc) is 2.33. The second kappa shape index (κ2) is 4.94. The van der Waals surface area contributed by atoms with E-state index in [0.29, 0.717) is 5.56 Å². The normalized spacial score (nSPS) is 25.7. The van der Waals surface area contributed by atoms with Gasteiger partial charge in [-0.3, -0.25) is 0 Å². The van der Waals surface area contributed by atoms with E-state index in [0.717, 1.165) is 31.6 Å². The van der Waals surface area contributed by atoms with Gasteiger partial charge in [0.15, 0.2) is 11.6 Å². The van der Waals surface area contributed by atoms with E-state index in [1.165, 1.54) is 12.5 Å². The van der Waals surface area contributed by atoms with Crippen molar-refractivity contribution in [1.82, 2.24) is 0 Å². The lowest BCUT2D eigenvalue weighted by Gasteiger charge is -2.28. The highest BCUT2D eigenvalue weighted by Crippen LogP contribution is 2.38. The van der Waals surface area contributed by atoms with E-state index in [-0.39, 0.29) is 5.92 Å². The SMILES string of the molecule is CCC1CCC(c2cccc(F)c2F)CC1. The Bertz CT molecular complexity index is 352. The third kappa shape index (κ3) is 2.26. The van der Waals surface area contributed by atoms with Crippen molar-refractivity contribution >= 4 is 0 Å². The minimum absolute atomic E-state index is 0.221. The summed E-state index contributed by atoms with van der Waals surface area (Å²) in [5, 5.41) is 0. The van der Waals surface area contributed by atoms with E-state index < -0.39 is 11.6 Å². The molecule has 2 heteroatoms. The van der Waals surface area contributed by atoms with Crippen LogP contribution in [0.3, 0.4) is 0 Å². The van der Waals surface area contributed by atoms with Crippen molar-refractivity contribution in [2.75, 3.05) is 0 Å². The van der Waals surface area contributed by atoms with E-state index in [9.17, 15) is 8.78 Å². The molecule has 0 spiro atoms. The van der Waals surface area contributed by atoms with Gasteiger partial charge in [0.25, 0.3) is 0 Å². The van der Waals surface area contributed by atoms with Crippen molar-refractivity contribution < 1.29 is 8.78 Å². The summed E-state index contributed by atoms with van der Waals surface area (Å²) < 4.78 is 26.7. The minimum atomic E-state index is -0.713. The maximum atomic E-state index is 13.6. The molecule has 1 fully saturated rings. The fourth-order valence-corrected chi connectivity index (χ4v) is 2.72. The van der Waals surface area contributed by atoms with E-state index in [1.807, 2.05) is 0 Å². The molecule has 2 rings (SSSR count). The second-order valence-corrected chi connectivity index (χ2v) is 4.77. The van der Waals surface area contributed by atoms with Crippen molar-refractivity contribution in [3.05, 3.63) is 35.4 Å². The largest absolute Gasteiger partial charge is 0.204 e. The van der Waals surface area contributed by atoms with Gasteiger partial charge in [0, 0.05) is 0 Å². The number of halogens is 2. The Morgan fingerprint density at radius 2 is 1.81 bits per heavy atom. The summed E-state index contributed by atoms with van der Waals surface area (Å²) in [6, 6.07) is 4.53. The third-order valence-electron chi connectivity index (χ3n) is 3.85. The van der Waals surface area contributed by atoms with Crippen molar-refractivity contribution in [3.8, 4) is 0 Å². The molecule has 1 aromatic rings. The van der Waals surface area contributed by atoms with E-state index in [1.54, 1.807) is 12.1 Å². The first-order valence-corrected chi connectivity index (χ1v) is 6.16. The Hall–Kier alpha value is -0.920. The highest BCUT2D eigenvalue weighted by Gasteiger charge is 2.24. The summed E-state index contributed by atoms with van der Waals surface area (Å²) in [7, 11) is 0. The van der Waals surface area contributed by atoms with Crippen molar-refractivity contribution in [2.45, 2.75) is 44.9 Å². The number of rotatable bonds is 2. The first-order chi connectivity index (χ1) is 7.72. The average molecular weight is 224 g/mol. The molecule has 0 N–H and O–H groups in total. The molecule has 88 valence electrons. The van der Waals surface area contributed by atoms with Crippen LogP contribution < -0.4 is 0 Å². The predicted octanol–water partition coefficient (Wildman–Crippen LogP) is 4.65. The van der Waals surface area contributed by atoms with Gasteiger partial charge in [0.1, 0.15) is 0 Å². The Morgan fingerprint density at radius 3 is 2.44 bits per heavy atom. The maximum absolute atomic E-state index is 13.6. The molecular formula is C14H18F2.